The number of likely N-dealkylation sites (tertiary alicyclic amines) is 1. The standard InChI is InChI=1S/C12H22N2O3/c1-2-17-10-4-3-5-14(8-10)12(16)11-6-9(15)7-13-11/h9-11,13,15H,2-8H2,1H3. The molecule has 0 saturated carbocycles. The number of aliphatic hydroxyl groups is 1. The summed E-state index contributed by atoms with van der Waals surface area (Å²) in [5, 5.41) is 12.5. The summed E-state index contributed by atoms with van der Waals surface area (Å²) in [5.41, 5.74) is 0. The number of rotatable bonds is 3. The van der Waals surface area contributed by atoms with Gasteiger partial charge in [0.15, 0.2) is 0 Å². The molecule has 0 aromatic rings. The van der Waals surface area contributed by atoms with Crippen molar-refractivity contribution in [3.63, 3.8) is 0 Å². The van der Waals surface area contributed by atoms with Gasteiger partial charge in [-0.05, 0) is 26.2 Å². The zero-order valence-electron chi connectivity index (χ0n) is 10.4. The van der Waals surface area contributed by atoms with E-state index >= 15 is 0 Å². The molecule has 0 spiro atoms. The highest BCUT2D eigenvalue weighted by Crippen LogP contribution is 2.16. The molecule has 2 N–H and O–H groups in total. The molecule has 5 nitrogen and oxygen atoms in total. The molecule has 2 aliphatic heterocycles. The first kappa shape index (κ1) is 12.8. The third-order valence-corrected chi connectivity index (χ3v) is 3.50. The molecule has 3 atom stereocenters. The second-order valence-corrected chi connectivity index (χ2v) is 4.85. The number of nitrogens with one attached hydrogen (secondary N) is 1. The van der Waals surface area contributed by atoms with Gasteiger partial charge in [0, 0.05) is 26.2 Å². The SMILES string of the molecule is CCOC1CCCN(C(=O)C2CC(O)CN2)C1. The summed E-state index contributed by atoms with van der Waals surface area (Å²) in [7, 11) is 0. The molecule has 2 heterocycles. The molecular formula is C12H22N2O3. The van der Waals surface area contributed by atoms with Crippen LogP contribution in [0.15, 0.2) is 0 Å². The van der Waals surface area contributed by atoms with Gasteiger partial charge in [0.05, 0.1) is 18.2 Å². The molecule has 0 aromatic carbocycles. The number of amides is 1. The average Bonchev–Trinajstić information content (AvgIpc) is 2.76. The quantitative estimate of drug-likeness (QED) is 0.715. The molecule has 5 heteroatoms. The number of aliphatic hydroxyl groups excluding tert-OH is 1. The van der Waals surface area contributed by atoms with Crippen molar-refractivity contribution in [3.8, 4) is 0 Å². The lowest BCUT2D eigenvalue weighted by atomic mass is 10.1. The first-order valence-corrected chi connectivity index (χ1v) is 6.52. The maximum absolute atomic E-state index is 12.2. The van der Waals surface area contributed by atoms with Gasteiger partial charge in [-0.3, -0.25) is 4.79 Å². The van der Waals surface area contributed by atoms with Crippen LogP contribution in [0.5, 0.6) is 0 Å². The second-order valence-electron chi connectivity index (χ2n) is 4.85. The molecule has 2 saturated heterocycles. The smallest absolute Gasteiger partial charge is 0.239 e. The van der Waals surface area contributed by atoms with Crippen LogP contribution in [0, 0.1) is 0 Å². The molecule has 98 valence electrons. The fourth-order valence-electron chi connectivity index (χ4n) is 2.64. The van der Waals surface area contributed by atoms with Crippen molar-refractivity contribution >= 4 is 5.91 Å². The maximum atomic E-state index is 12.2. The van der Waals surface area contributed by atoms with Gasteiger partial charge in [-0.25, -0.2) is 0 Å². The molecule has 3 unspecified atom stereocenters. The maximum Gasteiger partial charge on any atom is 0.239 e. The molecule has 2 fully saturated rings. The summed E-state index contributed by atoms with van der Waals surface area (Å²) in [6.45, 7) is 4.72. The zero-order chi connectivity index (χ0) is 12.3. The van der Waals surface area contributed by atoms with Gasteiger partial charge in [0.2, 0.25) is 5.91 Å². The van der Waals surface area contributed by atoms with Crippen LogP contribution in [-0.2, 0) is 9.53 Å². The molecule has 2 rings (SSSR count). The molecule has 0 aliphatic carbocycles. The molecule has 0 bridgehead atoms. The van der Waals surface area contributed by atoms with Crippen LogP contribution in [0.1, 0.15) is 26.2 Å². The number of hydrogen-bond donors (Lipinski definition) is 2. The summed E-state index contributed by atoms with van der Waals surface area (Å²) in [4.78, 5) is 14.1. The van der Waals surface area contributed by atoms with Crippen molar-refractivity contribution in [1.82, 2.24) is 10.2 Å². The van der Waals surface area contributed by atoms with Gasteiger partial charge in [0.1, 0.15) is 0 Å². The monoisotopic (exact) mass is 242 g/mol. The van der Waals surface area contributed by atoms with E-state index in [2.05, 4.69) is 5.32 Å². The predicted molar refractivity (Wildman–Crippen MR) is 63.6 cm³/mol. The van der Waals surface area contributed by atoms with Crippen LogP contribution in [-0.4, -0.2) is 60.4 Å². The number of nitrogens with zero attached hydrogens (tertiary/aromatic N) is 1. The highest BCUT2D eigenvalue weighted by atomic mass is 16.5. The highest BCUT2D eigenvalue weighted by molar-refractivity contribution is 5.82. The Kier molecular flexibility index (Phi) is 4.36. The van der Waals surface area contributed by atoms with Crippen LogP contribution in [0.3, 0.4) is 0 Å². The lowest BCUT2D eigenvalue weighted by Gasteiger charge is -2.34. The summed E-state index contributed by atoms with van der Waals surface area (Å²) in [6.07, 6.45) is 2.39. The van der Waals surface area contributed by atoms with Gasteiger partial charge in [-0.2, -0.15) is 0 Å². The van der Waals surface area contributed by atoms with Crippen molar-refractivity contribution in [2.75, 3.05) is 26.2 Å². The van der Waals surface area contributed by atoms with Crippen molar-refractivity contribution in [3.05, 3.63) is 0 Å². The fourth-order valence-corrected chi connectivity index (χ4v) is 2.64. The topological polar surface area (TPSA) is 61.8 Å². The van der Waals surface area contributed by atoms with Gasteiger partial charge in [0.25, 0.3) is 0 Å². The minimum absolute atomic E-state index is 0.117. The summed E-state index contributed by atoms with van der Waals surface area (Å²) < 4.78 is 5.58. The molecular weight excluding hydrogens is 220 g/mol. The minimum atomic E-state index is -0.378. The van der Waals surface area contributed by atoms with Crippen molar-refractivity contribution in [2.24, 2.45) is 0 Å². The van der Waals surface area contributed by atoms with E-state index in [0.717, 1.165) is 19.4 Å². The fraction of sp³-hybridized carbons (Fsp3) is 0.917. The van der Waals surface area contributed by atoms with E-state index in [0.29, 0.717) is 26.1 Å². The van der Waals surface area contributed by atoms with Crippen molar-refractivity contribution in [1.29, 1.82) is 0 Å². The normalized spacial score (nSPS) is 34.0. The largest absolute Gasteiger partial charge is 0.392 e. The van der Waals surface area contributed by atoms with Crippen LogP contribution >= 0.6 is 0 Å². The molecule has 1 amide bonds. The summed E-state index contributed by atoms with van der Waals surface area (Å²) >= 11 is 0. The van der Waals surface area contributed by atoms with Crippen molar-refractivity contribution in [2.45, 2.75) is 44.4 Å². The van der Waals surface area contributed by atoms with E-state index in [1.54, 1.807) is 0 Å². The van der Waals surface area contributed by atoms with Gasteiger partial charge in [-0.15, -0.1) is 0 Å². The highest BCUT2D eigenvalue weighted by Gasteiger charge is 2.33. The lowest BCUT2D eigenvalue weighted by molar-refractivity contribution is -0.137. The van der Waals surface area contributed by atoms with E-state index in [1.807, 2.05) is 11.8 Å². The van der Waals surface area contributed by atoms with Gasteiger partial charge < -0.3 is 20.1 Å². The van der Waals surface area contributed by atoms with E-state index in [1.165, 1.54) is 0 Å². The number of hydrogen-bond acceptors (Lipinski definition) is 4. The number of β-amino-alcohol motifs (C(OH)–C–C–N with tert-alkyl or cyclic N) is 1. The van der Waals surface area contributed by atoms with Crippen LogP contribution < -0.4 is 5.32 Å². The molecule has 0 radical (unpaired) electrons. The number of carbonyl (C=O) groups is 1. The Morgan fingerprint density at radius 3 is 3.06 bits per heavy atom. The molecule has 17 heavy (non-hydrogen) atoms. The van der Waals surface area contributed by atoms with Crippen LogP contribution in [0.2, 0.25) is 0 Å². The van der Waals surface area contributed by atoms with Gasteiger partial charge in [-0.1, -0.05) is 0 Å². The Morgan fingerprint density at radius 2 is 2.41 bits per heavy atom. The van der Waals surface area contributed by atoms with E-state index in [9.17, 15) is 9.90 Å². The Balaban J connectivity index is 1.86. The Bertz CT molecular complexity index is 270. The zero-order valence-corrected chi connectivity index (χ0v) is 10.4. The Labute approximate surface area is 102 Å². The van der Waals surface area contributed by atoms with Crippen LogP contribution in [0.4, 0.5) is 0 Å². The van der Waals surface area contributed by atoms with E-state index in [4.69, 9.17) is 4.74 Å². The van der Waals surface area contributed by atoms with Gasteiger partial charge >= 0.3 is 0 Å². The first-order valence-electron chi connectivity index (χ1n) is 6.52. The van der Waals surface area contributed by atoms with Crippen LogP contribution in [0.25, 0.3) is 0 Å². The minimum Gasteiger partial charge on any atom is -0.392 e. The van der Waals surface area contributed by atoms with Crippen molar-refractivity contribution < 1.29 is 14.6 Å². The second kappa shape index (κ2) is 5.80. The Morgan fingerprint density at radius 1 is 1.59 bits per heavy atom. The average molecular weight is 242 g/mol. The third-order valence-electron chi connectivity index (χ3n) is 3.50. The number of ether oxygens (including phenoxy) is 1. The predicted octanol–water partition coefficient (Wildman–Crippen LogP) is -0.263. The third kappa shape index (κ3) is 3.18. The van der Waals surface area contributed by atoms with E-state index in [-0.39, 0.29) is 24.2 Å². The first-order chi connectivity index (χ1) is 8.20. The Hall–Kier alpha value is -0.650. The molecule has 2 aliphatic rings. The lowest BCUT2D eigenvalue weighted by Crippen LogP contribution is -2.49. The summed E-state index contributed by atoms with van der Waals surface area (Å²) in [6, 6.07) is -0.203. The molecule has 0 aromatic heterocycles. The van der Waals surface area contributed by atoms with E-state index < -0.39 is 0 Å². The summed E-state index contributed by atoms with van der Waals surface area (Å²) in [5.74, 6) is 0.117. The number of piperidine rings is 1. The number of carbonyl (C=O) groups excluding carboxylic acids is 1.